The number of fused-ring (bicyclic) bond motifs is 1. The highest BCUT2D eigenvalue weighted by atomic mass is 35.5. The second-order valence-electron chi connectivity index (χ2n) is 3.48. The minimum atomic E-state index is -0.333. The predicted octanol–water partition coefficient (Wildman–Crippen LogP) is 1.92. The summed E-state index contributed by atoms with van der Waals surface area (Å²) in [6, 6.07) is 7.05. The van der Waals surface area contributed by atoms with Crippen LogP contribution in [-0.2, 0) is 0 Å². The molecule has 2 rings (SSSR count). The highest BCUT2D eigenvalue weighted by molar-refractivity contribution is 6.31. The van der Waals surface area contributed by atoms with Crippen molar-refractivity contribution < 1.29 is 4.79 Å². The first-order chi connectivity index (χ1) is 8.10. The van der Waals surface area contributed by atoms with Gasteiger partial charge in [-0.15, -0.1) is 12.4 Å². The van der Waals surface area contributed by atoms with Crippen LogP contribution in [0.5, 0.6) is 0 Å². The molecule has 0 unspecified atom stereocenters. The molecule has 4 N–H and O–H groups in total. The average molecular weight is 287 g/mol. The Morgan fingerprint density at radius 3 is 2.83 bits per heavy atom. The number of amides is 1. The zero-order valence-electron chi connectivity index (χ0n) is 9.53. The first kappa shape index (κ1) is 14.3. The van der Waals surface area contributed by atoms with Gasteiger partial charge in [-0.3, -0.25) is 15.1 Å². The molecular weight excluding hydrogens is 275 g/mol. The van der Waals surface area contributed by atoms with Crippen molar-refractivity contribution in [2.75, 3.05) is 7.05 Å². The van der Waals surface area contributed by atoms with Crippen molar-refractivity contribution in [2.45, 2.75) is 0 Å². The molecule has 1 amide bonds. The molecule has 5 nitrogen and oxygen atoms in total. The first-order valence-electron chi connectivity index (χ1n) is 4.92. The van der Waals surface area contributed by atoms with Gasteiger partial charge in [0.05, 0.1) is 0 Å². The fourth-order valence-electron chi connectivity index (χ4n) is 1.47. The molecular formula is C11H12Cl2N4O. The topological polar surface area (TPSA) is 83.3 Å². The van der Waals surface area contributed by atoms with Crippen LogP contribution >= 0.6 is 24.0 Å². The molecule has 18 heavy (non-hydrogen) atoms. The maximum absolute atomic E-state index is 11.7. The van der Waals surface area contributed by atoms with E-state index in [-0.39, 0.29) is 24.3 Å². The van der Waals surface area contributed by atoms with Crippen LogP contribution in [0.4, 0.5) is 0 Å². The lowest BCUT2D eigenvalue weighted by atomic mass is 10.2. The lowest BCUT2D eigenvalue weighted by Crippen LogP contribution is -2.36. The van der Waals surface area contributed by atoms with Crippen LogP contribution in [0.2, 0.25) is 5.02 Å². The fraction of sp³-hybridized carbons (Fsp3) is 0.0909. The molecule has 7 heteroatoms. The van der Waals surface area contributed by atoms with E-state index in [1.807, 2.05) is 6.07 Å². The Morgan fingerprint density at radius 2 is 2.17 bits per heavy atom. The summed E-state index contributed by atoms with van der Waals surface area (Å²) < 4.78 is 0. The third kappa shape index (κ3) is 2.94. The number of benzene rings is 1. The van der Waals surface area contributed by atoms with Gasteiger partial charge in [-0.1, -0.05) is 11.6 Å². The minimum Gasteiger partial charge on any atom is -0.370 e. The number of aliphatic imine (C=N–C) groups is 1. The SMILES string of the molecule is CN=C(N)NC(=O)c1cc2cc(Cl)ccc2[nH]1.Cl. The zero-order chi connectivity index (χ0) is 12.4. The Balaban J connectivity index is 0.00000162. The van der Waals surface area contributed by atoms with E-state index in [0.29, 0.717) is 10.7 Å². The number of rotatable bonds is 1. The Morgan fingerprint density at radius 1 is 1.44 bits per heavy atom. The predicted molar refractivity (Wildman–Crippen MR) is 75.6 cm³/mol. The number of nitrogens with two attached hydrogens (primary N) is 1. The molecule has 1 aromatic carbocycles. The summed E-state index contributed by atoms with van der Waals surface area (Å²) in [4.78, 5) is 18.4. The van der Waals surface area contributed by atoms with Crippen molar-refractivity contribution in [3.05, 3.63) is 35.0 Å². The van der Waals surface area contributed by atoms with E-state index < -0.39 is 0 Å². The molecule has 0 radical (unpaired) electrons. The average Bonchev–Trinajstić information content (AvgIpc) is 2.71. The fourth-order valence-corrected chi connectivity index (χ4v) is 1.65. The number of hydrogen-bond donors (Lipinski definition) is 3. The van der Waals surface area contributed by atoms with Crippen LogP contribution in [0.3, 0.4) is 0 Å². The van der Waals surface area contributed by atoms with Gasteiger partial charge in [0, 0.05) is 23.0 Å². The van der Waals surface area contributed by atoms with E-state index in [1.54, 1.807) is 18.2 Å². The summed E-state index contributed by atoms with van der Waals surface area (Å²) in [6.45, 7) is 0. The van der Waals surface area contributed by atoms with Crippen molar-refractivity contribution >= 4 is 46.8 Å². The molecule has 0 fully saturated rings. The largest absolute Gasteiger partial charge is 0.370 e. The van der Waals surface area contributed by atoms with E-state index in [9.17, 15) is 4.79 Å². The highest BCUT2D eigenvalue weighted by Gasteiger charge is 2.10. The lowest BCUT2D eigenvalue weighted by molar-refractivity contribution is 0.0972. The maximum Gasteiger partial charge on any atom is 0.274 e. The monoisotopic (exact) mass is 286 g/mol. The molecule has 0 saturated carbocycles. The van der Waals surface area contributed by atoms with Gasteiger partial charge in [0.2, 0.25) is 0 Å². The van der Waals surface area contributed by atoms with E-state index in [4.69, 9.17) is 17.3 Å². The summed E-state index contributed by atoms with van der Waals surface area (Å²) in [5.41, 5.74) is 6.66. The molecule has 1 aromatic heterocycles. The van der Waals surface area contributed by atoms with E-state index in [1.165, 1.54) is 7.05 Å². The molecule has 0 aliphatic carbocycles. The van der Waals surface area contributed by atoms with Gasteiger partial charge in [0.15, 0.2) is 5.96 Å². The van der Waals surface area contributed by atoms with Crippen LogP contribution < -0.4 is 11.1 Å². The number of aromatic amines is 1. The Kier molecular flexibility index (Phi) is 4.58. The highest BCUT2D eigenvalue weighted by Crippen LogP contribution is 2.19. The molecule has 0 spiro atoms. The Labute approximate surface area is 115 Å². The quantitative estimate of drug-likeness (QED) is 0.553. The van der Waals surface area contributed by atoms with Crippen LogP contribution in [0.25, 0.3) is 10.9 Å². The van der Waals surface area contributed by atoms with Gasteiger partial charge in [-0.25, -0.2) is 0 Å². The summed E-state index contributed by atoms with van der Waals surface area (Å²) >= 11 is 5.86. The van der Waals surface area contributed by atoms with Gasteiger partial charge in [-0.05, 0) is 24.3 Å². The van der Waals surface area contributed by atoms with Crippen LogP contribution in [0.15, 0.2) is 29.3 Å². The van der Waals surface area contributed by atoms with Gasteiger partial charge >= 0.3 is 0 Å². The molecule has 1 heterocycles. The first-order valence-corrected chi connectivity index (χ1v) is 5.30. The zero-order valence-corrected chi connectivity index (χ0v) is 11.1. The lowest BCUT2D eigenvalue weighted by Gasteiger charge is -2.00. The van der Waals surface area contributed by atoms with Crippen LogP contribution in [0.1, 0.15) is 10.5 Å². The smallest absolute Gasteiger partial charge is 0.274 e. The van der Waals surface area contributed by atoms with Crippen LogP contribution in [0, 0.1) is 0 Å². The molecule has 2 aromatic rings. The normalized spacial score (nSPS) is 11.1. The summed E-state index contributed by atoms with van der Waals surface area (Å²) in [5.74, 6) is -0.257. The van der Waals surface area contributed by atoms with Crippen molar-refractivity contribution in [3.63, 3.8) is 0 Å². The number of aromatic nitrogens is 1. The van der Waals surface area contributed by atoms with E-state index >= 15 is 0 Å². The number of hydrogen-bond acceptors (Lipinski definition) is 2. The van der Waals surface area contributed by atoms with E-state index in [2.05, 4.69) is 15.3 Å². The van der Waals surface area contributed by atoms with Crippen LogP contribution in [-0.4, -0.2) is 23.9 Å². The third-order valence-corrected chi connectivity index (χ3v) is 2.55. The Bertz CT molecular complexity index is 606. The molecule has 0 aliphatic heterocycles. The van der Waals surface area contributed by atoms with Crippen molar-refractivity contribution in [3.8, 4) is 0 Å². The number of guanidine groups is 1. The van der Waals surface area contributed by atoms with E-state index in [0.717, 1.165) is 10.9 Å². The number of nitrogens with zero attached hydrogens (tertiary/aromatic N) is 1. The van der Waals surface area contributed by atoms with Crippen molar-refractivity contribution in [1.29, 1.82) is 0 Å². The second-order valence-corrected chi connectivity index (χ2v) is 3.91. The van der Waals surface area contributed by atoms with Crippen molar-refractivity contribution in [1.82, 2.24) is 10.3 Å². The number of H-pyrrole nitrogens is 1. The summed E-state index contributed by atoms with van der Waals surface area (Å²) in [7, 11) is 1.50. The van der Waals surface area contributed by atoms with Gasteiger partial charge < -0.3 is 10.7 Å². The standard InChI is InChI=1S/C11H11ClN4O.ClH/c1-14-11(13)16-10(17)9-5-6-4-7(12)2-3-8(6)15-9;/h2-5,15H,1H3,(H3,13,14,16,17);1H. The second kappa shape index (κ2) is 5.75. The molecule has 96 valence electrons. The van der Waals surface area contributed by atoms with Gasteiger partial charge in [0.1, 0.15) is 5.69 Å². The molecule has 0 bridgehead atoms. The minimum absolute atomic E-state index is 0. The van der Waals surface area contributed by atoms with Gasteiger partial charge in [0.25, 0.3) is 5.91 Å². The number of halogens is 2. The molecule has 0 atom stereocenters. The third-order valence-electron chi connectivity index (χ3n) is 2.31. The number of carbonyl (C=O) groups is 1. The Hall–Kier alpha value is -1.72. The number of carbonyl (C=O) groups excluding carboxylic acids is 1. The van der Waals surface area contributed by atoms with Crippen molar-refractivity contribution in [2.24, 2.45) is 10.7 Å². The van der Waals surface area contributed by atoms with Gasteiger partial charge in [-0.2, -0.15) is 0 Å². The maximum atomic E-state index is 11.7. The molecule has 0 saturated heterocycles. The molecule has 0 aliphatic rings. The number of nitrogens with one attached hydrogen (secondary N) is 2. The summed E-state index contributed by atoms with van der Waals surface area (Å²) in [6.07, 6.45) is 0. The summed E-state index contributed by atoms with van der Waals surface area (Å²) in [5, 5.41) is 3.94.